The van der Waals surface area contributed by atoms with Gasteiger partial charge in [-0.15, -0.1) is 0 Å². The largest absolute Gasteiger partial charge is 0.383 e. The average Bonchev–Trinajstić information content (AvgIpc) is 2.46. The van der Waals surface area contributed by atoms with Gasteiger partial charge in [0, 0.05) is 13.7 Å². The third kappa shape index (κ3) is 7.06. The van der Waals surface area contributed by atoms with Crippen LogP contribution in [0.5, 0.6) is 0 Å². The zero-order valence-electron chi connectivity index (χ0n) is 13.5. The second-order valence-corrected chi connectivity index (χ2v) is 5.69. The minimum atomic E-state index is 0.736. The summed E-state index contributed by atoms with van der Waals surface area (Å²) >= 11 is 0. The van der Waals surface area contributed by atoms with Crippen LogP contribution in [-0.4, -0.2) is 26.8 Å². The Balaban J connectivity index is 2.46. The van der Waals surface area contributed by atoms with Gasteiger partial charge >= 0.3 is 0 Å². The summed E-state index contributed by atoms with van der Waals surface area (Å²) in [7, 11) is 1.76. The van der Waals surface area contributed by atoms with Crippen molar-refractivity contribution >= 4 is 0 Å². The minimum absolute atomic E-state index is 0.736. The molecule has 0 saturated heterocycles. The SMILES string of the molecule is CCCCCC(CNCCOC)Cc1ccccc1C. The van der Waals surface area contributed by atoms with E-state index < -0.39 is 0 Å². The van der Waals surface area contributed by atoms with Crippen LogP contribution in [0.2, 0.25) is 0 Å². The summed E-state index contributed by atoms with van der Waals surface area (Å²) in [5, 5.41) is 3.53. The predicted molar refractivity (Wildman–Crippen MR) is 87.3 cm³/mol. The van der Waals surface area contributed by atoms with E-state index in [2.05, 4.69) is 43.4 Å². The van der Waals surface area contributed by atoms with Gasteiger partial charge in [-0.1, -0.05) is 50.5 Å². The van der Waals surface area contributed by atoms with Gasteiger partial charge in [-0.3, -0.25) is 0 Å². The van der Waals surface area contributed by atoms with Crippen molar-refractivity contribution in [3.63, 3.8) is 0 Å². The lowest BCUT2D eigenvalue weighted by atomic mass is 9.91. The summed E-state index contributed by atoms with van der Waals surface area (Å²) in [6.07, 6.45) is 6.51. The molecule has 114 valence electrons. The van der Waals surface area contributed by atoms with Crippen LogP contribution in [0.4, 0.5) is 0 Å². The summed E-state index contributed by atoms with van der Waals surface area (Å²) in [6.45, 7) is 7.34. The van der Waals surface area contributed by atoms with E-state index in [0.29, 0.717) is 0 Å². The molecule has 2 heteroatoms. The maximum atomic E-state index is 5.10. The average molecular weight is 277 g/mol. The third-order valence-corrected chi connectivity index (χ3v) is 3.90. The van der Waals surface area contributed by atoms with Crippen molar-refractivity contribution in [3.8, 4) is 0 Å². The van der Waals surface area contributed by atoms with Gasteiger partial charge < -0.3 is 10.1 Å². The number of unbranched alkanes of at least 4 members (excludes halogenated alkanes) is 2. The van der Waals surface area contributed by atoms with E-state index in [1.165, 1.54) is 43.2 Å². The van der Waals surface area contributed by atoms with Gasteiger partial charge in [0.2, 0.25) is 0 Å². The van der Waals surface area contributed by atoms with Crippen molar-refractivity contribution in [2.75, 3.05) is 26.8 Å². The van der Waals surface area contributed by atoms with Crippen molar-refractivity contribution < 1.29 is 4.74 Å². The summed E-state index contributed by atoms with van der Waals surface area (Å²) in [6, 6.07) is 8.78. The van der Waals surface area contributed by atoms with Crippen LogP contribution < -0.4 is 5.32 Å². The van der Waals surface area contributed by atoms with E-state index >= 15 is 0 Å². The first-order valence-electron chi connectivity index (χ1n) is 8.02. The highest BCUT2D eigenvalue weighted by atomic mass is 16.5. The monoisotopic (exact) mass is 277 g/mol. The molecule has 0 amide bonds. The number of benzene rings is 1. The highest BCUT2D eigenvalue weighted by Gasteiger charge is 2.10. The van der Waals surface area contributed by atoms with E-state index in [4.69, 9.17) is 4.74 Å². The summed E-state index contributed by atoms with van der Waals surface area (Å²) in [4.78, 5) is 0. The molecule has 0 fully saturated rings. The normalized spacial score (nSPS) is 12.6. The molecule has 0 aromatic heterocycles. The van der Waals surface area contributed by atoms with Crippen molar-refractivity contribution in [2.24, 2.45) is 5.92 Å². The second-order valence-electron chi connectivity index (χ2n) is 5.69. The molecule has 1 rings (SSSR count). The van der Waals surface area contributed by atoms with Gasteiger partial charge in [0.15, 0.2) is 0 Å². The molecule has 1 unspecified atom stereocenters. The molecule has 2 nitrogen and oxygen atoms in total. The highest BCUT2D eigenvalue weighted by Crippen LogP contribution is 2.18. The van der Waals surface area contributed by atoms with Crippen molar-refractivity contribution in [3.05, 3.63) is 35.4 Å². The molecule has 0 saturated carbocycles. The number of nitrogens with one attached hydrogen (secondary N) is 1. The molecule has 0 radical (unpaired) electrons. The van der Waals surface area contributed by atoms with Crippen molar-refractivity contribution in [1.82, 2.24) is 5.32 Å². The molecule has 0 aliphatic rings. The Hall–Kier alpha value is -0.860. The fourth-order valence-electron chi connectivity index (χ4n) is 2.59. The number of rotatable bonds is 11. The Kier molecular flexibility index (Phi) is 9.35. The summed E-state index contributed by atoms with van der Waals surface area (Å²) in [5.41, 5.74) is 2.92. The standard InChI is InChI=1S/C18H31NO/c1-4-5-6-10-17(15-19-12-13-20-3)14-18-11-8-7-9-16(18)2/h7-9,11,17,19H,4-6,10,12-15H2,1-3H3. The first-order chi connectivity index (χ1) is 9.77. The lowest BCUT2D eigenvalue weighted by molar-refractivity contribution is 0.197. The van der Waals surface area contributed by atoms with E-state index in [-0.39, 0.29) is 0 Å². The molecule has 20 heavy (non-hydrogen) atoms. The quantitative estimate of drug-likeness (QED) is 0.618. The van der Waals surface area contributed by atoms with Crippen molar-refractivity contribution in [2.45, 2.75) is 46.0 Å². The van der Waals surface area contributed by atoms with Crippen LogP contribution in [0.15, 0.2) is 24.3 Å². The van der Waals surface area contributed by atoms with Gasteiger partial charge in [0.25, 0.3) is 0 Å². The van der Waals surface area contributed by atoms with Crippen LogP contribution in [0, 0.1) is 12.8 Å². The number of hydrogen-bond donors (Lipinski definition) is 1. The van der Waals surface area contributed by atoms with E-state index in [9.17, 15) is 0 Å². The number of aryl methyl sites for hydroxylation is 1. The third-order valence-electron chi connectivity index (χ3n) is 3.90. The maximum Gasteiger partial charge on any atom is 0.0587 e. The molecule has 1 atom stereocenters. The van der Waals surface area contributed by atoms with Gasteiger partial charge in [-0.05, 0) is 43.4 Å². The zero-order chi connectivity index (χ0) is 14.6. The molecular weight excluding hydrogens is 246 g/mol. The van der Waals surface area contributed by atoms with Gasteiger partial charge in [0.05, 0.1) is 6.61 Å². The Labute approximate surface area is 124 Å². The van der Waals surface area contributed by atoms with Crippen LogP contribution in [-0.2, 0) is 11.2 Å². The maximum absolute atomic E-state index is 5.10. The Morgan fingerprint density at radius 3 is 2.70 bits per heavy atom. The Morgan fingerprint density at radius 1 is 1.20 bits per heavy atom. The van der Waals surface area contributed by atoms with Gasteiger partial charge in [0.1, 0.15) is 0 Å². The fraction of sp³-hybridized carbons (Fsp3) is 0.667. The zero-order valence-corrected chi connectivity index (χ0v) is 13.5. The minimum Gasteiger partial charge on any atom is -0.383 e. The molecular formula is C18H31NO. The molecule has 1 aromatic carbocycles. The topological polar surface area (TPSA) is 21.3 Å². The second kappa shape index (κ2) is 10.9. The molecule has 1 aromatic rings. The van der Waals surface area contributed by atoms with E-state index in [1.807, 2.05) is 0 Å². The number of ether oxygens (including phenoxy) is 1. The Bertz CT molecular complexity index is 351. The van der Waals surface area contributed by atoms with E-state index in [1.54, 1.807) is 7.11 Å². The summed E-state index contributed by atoms with van der Waals surface area (Å²) < 4.78 is 5.10. The van der Waals surface area contributed by atoms with Gasteiger partial charge in [-0.2, -0.15) is 0 Å². The van der Waals surface area contributed by atoms with E-state index in [0.717, 1.165) is 25.6 Å². The first-order valence-corrected chi connectivity index (χ1v) is 8.02. The Morgan fingerprint density at radius 2 is 2.00 bits per heavy atom. The van der Waals surface area contributed by atoms with Crippen LogP contribution in [0.25, 0.3) is 0 Å². The highest BCUT2D eigenvalue weighted by molar-refractivity contribution is 5.25. The first kappa shape index (κ1) is 17.2. The lowest BCUT2D eigenvalue weighted by Crippen LogP contribution is -2.27. The number of methoxy groups -OCH3 is 1. The van der Waals surface area contributed by atoms with Gasteiger partial charge in [-0.25, -0.2) is 0 Å². The molecule has 0 spiro atoms. The predicted octanol–water partition coefficient (Wildman–Crippen LogP) is 3.97. The molecule has 0 aliphatic heterocycles. The summed E-state index contributed by atoms with van der Waals surface area (Å²) in [5.74, 6) is 0.736. The fourth-order valence-corrected chi connectivity index (χ4v) is 2.59. The molecule has 0 bridgehead atoms. The lowest BCUT2D eigenvalue weighted by Gasteiger charge is -2.19. The van der Waals surface area contributed by atoms with Crippen LogP contribution >= 0.6 is 0 Å². The molecule has 0 aliphatic carbocycles. The van der Waals surface area contributed by atoms with Crippen LogP contribution in [0.1, 0.15) is 43.7 Å². The van der Waals surface area contributed by atoms with Crippen LogP contribution in [0.3, 0.4) is 0 Å². The molecule has 0 heterocycles. The molecule has 1 N–H and O–H groups in total. The van der Waals surface area contributed by atoms with Crippen molar-refractivity contribution in [1.29, 1.82) is 0 Å². The number of hydrogen-bond acceptors (Lipinski definition) is 2. The smallest absolute Gasteiger partial charge is 0.0587 e.